The number of carbonyl (C=O) groups excluding carboxylic acids is 1. The van der Waals surface area contributed by atoms with Gasteiger partial charge in [-0.2, -0.15) is 13.2 Å². The number of halogens is 3. The molecule has 3 aromatic carbocycles. The Kier molecular flexibility index (Phi) is 5.10. The number of fused-ring (bicyclic) bond motifs is 1. The molecule has 1 heterocycles. The Labute approximate surface area is 169 Å². The van der Waals surface area contributed by atoms with E-state index >= 15 is 0 Å². The molecule has 0 bridgehead atoms. The predicted octanol–water partition coefficient (Wildman–Crippen LogP) is 6.27. The van der Waals surface area contributed by atoms with Gasteiger partial charge in [0.2, 0.25) is 5.89 Å². The highest BCUT2D eigenvalue weighted by Gasteiger charge is 2.30. The van der Waals surface area contributed by atoms with Crippen LogP contribution in [0.1, 0.15) is 27.4 Å². The summed E-state index contributed by atoms with van der Waals surface area (Å²) in [7, 11) is 0. The van der Waals surface area contributed by atoms with E-state index in [4.69, 9.17) is 4.42 Å². The number of aromatic nitrogens is 1. The summed E-state index contributed by atoms with van der Waals surface area (Å²) in [5.41, 5.74) is 1.85. The molecule has 4 nitrogen and oxygen atoms in total. The number of hydrogen-bond donors (Lipinski definition) is 1. The number of alkyl halides is 3. The van der Waals surface area contributed by atoms with Gasteiger partial charge in [0.15, 0.2) is 5.58 Å². The molecule has 0 fully saturated rings. The van der Waals surface area contributed by atoms with E-state index in [2.05, 4.69) is 10.3 Å². The predicted molar refractivity (Wildman–Crippen MR) is 109 cm³/mol. The average molecular weight is 408 g/mol. The molecule has 30 heavy (non-hydrogen) atoms. The van der Waals surface area contributed by atoms with Crippen molar-refractivity contribution in [3.63, 3.8) is 0 Å². The Balaban J connectivity index is 1.44. The summed E-state index contributed by atoms with van der Waals surface area (Å²) < 4.78 is 44.0. The fraction of sp³-hybridized carbons (Fsp3) is 0.0435. The number of benzene rings is 3. The number of anilines is 1. The lowest BCUT2D eigenvalue weighted by Gasteiger charge is -2.09. The summed E-state index contributed by atoms with van der Waals surface area (Å²) in [4.78, 5) is 16.6. The number of nitrogens with one attached hydrogen (secondary N) is 1. The Hall–Kier alpha value is -3.87. The van der Waals surface area contributed by atoms with E-state index in [1.165, 1.54) is 12.1 Å². The molecule has 0 aliphatic carbocycles. The Morgan fingerprint density at radius 1 is 0.933 bits per heavy atom. The maximum absolute atomic E-state index is 12.8. The van der Waals surface area contributed by atoms with Gasteiger partial charge in [-0.1, -0.05) is 30.3 Å². The van der Waals surface area contributed by atoms with E-state index in [0.29, 0.717) is 17.2 Å². The van der Waals surface area contributed by atoms with Crippen molar-refractivity contribution in [2.24, 2.45) is 0 Å². The van der Waals surface area contributed by atoms with Crippen LogP contribution in [0.2, 0.25) is 0 Å². The molecule has 0 unspecified atom stereocenters. The van der Waals surface area contributed by atoms with E-state index in [1.807, 2.05) is 30.3 Å². The SMILES string of the molecule is O=C(Nc1ccc(/C=C/c2nc3ccccc3o2)cc1)c1cccc(C(F)(F)F)c1. The van der Waals surface area contributed by atoms with Crippen LogP contribution in [0.15, 0.2) is 77.2 Å². The van der Waals surface area contributed by atoms with Crippen molar-refractivity contribution >= 4 is 34.8 Å². The van der Waals surface area contributed by atoms with Gasteiger partial charge < -0.3 is 9.73 Å². The van der Waals surface area contributed by atoms with Crippen LogP contribution in [0.5, 0.6) is 0 Å². The summed E-state index contributed by atoms with van der Waals surface area (Å²) in [5, 5.41) is 2.59. The van der Waals surface area contributed by atoms with Crippen LogP contribution in [0.4, 0.5) is 18.9 Å². The lowest BCUT2D eigenvalue weighted by Crippen LogP contribution is -2.13. The van der Waals surface area contributed by atoms with Gasteiger partial charge in [-0.15, -0.1) is 0 Å². The number of oxazole rings is 1. The minimum Gasteiger partial charge on any atom is -0.437 e. The quantitative estimate of drug-likeness (QED) is 0.433. The highest BCUT2D eigenvalue weighted by molar-refractivity contribution is 6.04. The van der Waals surface area contributed by atoms with Gasteiger partial charge in [0.05, 0.1) is 5.56 Å². The first-order valence-electron chi connectivity index (χ1n) is 9.01. The van der Waals surface area contributed by atoms with Crippen LogP contribution >= 0.6 is 0 Å². The van der Waals surface area contributed by atoms with Crippen molar-refractivity contribution in [1.82, 2.24) is 4.98 Å². The maximum atomic E-state index is 12.8. The summed E-state index contributed by atoms with van der Waals surface area (Å²) in [6.07, 6.45) is -0.960. The highest BCUT2D eigenvalue weighted by atomic mass is 19.4. The second-order valence-electron chi connectivity index (χ2n) is 6.51. The number of para-hydroxylation sites is 2. The van der Waals surface area contributed by atoms with Gasteiger partial charge in [-0.3, -0.25) is 4.79 Å². The molecule has 0 spiro atoms. The van der Waals surface area contributed by atoms with E-state index in [0.717, 1.165) is 23.2 Å². The number of rotatable bonds is 4. The second-order valence-corrected chi connectivity index (χ2v) is 6.51. The molecule has 1 aromatic heterocycles. The van der Waals surface area contributed by atoms with Crippen molar-refractivity contribution in [2.45, 2.75) is 6.18 Å². The van der Waals surface area contributed by atoms with Crippen LogP contribution < -0.4 is 5.32 Å². The molecular formula is C23H15F3N2O2. The molecule has 0 atom stereocenters. The van der Waals surface area contributed by atoms with Crippen LogP contribution in [-0.4, -0.2) is 10.9 Å². The lowest BCUT2D eigenvalue weighted by molar-refractivity contribution is -0.137. The van der Waals surface area contributed by atoms with E-state index < -0.39 is 17.6 Å². The largest absolute Gasteiger partial charge is 0.437 e. The number of amides is 1. The third kappa shape index (κ3) is 4.41. The lowest BCUT2D eigenvalue weighted by atomic mass is 10.1. The fourth-order valence-corrected chi connectivity index (χ4v) is 2.85. The van der Waals surface area contributed by atoms with Crippen LogP contribution in [0, 0.1) is 0 Å². The third-order valence-electron chi connectivity index (χ3n) is 4.35. The average Bonchev–Trinajstić information content (AvgIpc) is 3.16. The molecule has 150 valence electrons. The van der Waals surface area contributed by atoms with Crippen LogP contribution in [-0.2, 0) is 6.18 Å². The molecular weight excluding hydrogens is 393 g/mol. The van der Waals surface area contributed by atoms with Gasteiger partial charge in [-0.25, -0.2) is 4.98 Å². The first-order valence-corrected chi connectivity index (χ1v) is 9.01. The third-order valence-corrected chi connectivity index (χ3v) is 4.35. The number of carbonyl (C=O) groups is 1. The van der Waals surface area contributed by atoms with Crippen LogP contribution in [0.3, 0.4) is 0 Å². The smallest absolute Gasteiger partial charge is 0.416 e. The van der Waals surface area contributed by atoms with Crippen LogP contribution in [0.25, 0.3) is 23.3 Å². The first kappa shape index (κ1) is 19.4. The number of nitrogens with zero attached hydrogens (tertiary/aromatic N) is 1. The van der Waals surface area contributed by atoms with Crippen molar-refractivity contribution in [1.29, 1.82) is 0 Å². The molecule has 0 aliphatic heterocycles. The highest BCUT2D eigenvalue weighted by Crippen LogP contribution is 2.29. The molecule has 1 N–H and O–H groups in total. The standard InChI is InChI=1S/C23H15F3N2O2/c24-23(25,26)17-5-3-4-16(14-17)22(29)27-18-11-8-15(9-12-18)10-13-21-28-19-6-1-2-7-20(19)30-21/h1-14H,(H,27,29)/b13-10+. The van der Waals surface area contributed by atoms with Crippen molar-refractivity contribution in [3.05, 3.63) is 95.4 Å². The van der Waals surface area contributed by atoms with Gasteiger partial charge in [-0.05, 0) is 54.1 Å². The Morgan fingerprint density at radius 3 is 2.43 bits per heavy atom. The van der Waals surface area contributed by atoms with Crippen molar-refractivity contribution < 1.29 is 22.4 Å². The minimum atomic E-state index is -4.50. The van der Waals surface area contributed by atoms with Gasteiger partial charge in [0, 0.05) is 17.3 Å². The number of hydrogen-bond acceptors (Lipinski definition) is 3. The molecule has 0 radical (unpaired) electrons. The zero-order chi connectivity index (χ0) is 21.1. The van der Waals surface area contributed by atoms with Crippen molar-refractivity contribution in [3.8, 4) is 0 Å². The molecule has 7 heteroatoms. The van der Waals surface area contributed by atoms with E-state index in [-0.39, 0.29) is 5.56 Å². The summed E-state index contributed by atoms with van der Waals surface area (Å²) in [5.74, 6) is -0.144. The maximum Gasteiger partial charge on any atom is 0.416 e. The molecule has 4 aromatic rings. The molecule has 0 aliphatic rings. The second kappa shape index (κ2) is 7.87. The topological polar surface area (TPSA) is 55.1 Å². The fourth-order valence-electron chi connectivity index (χ4n) is 2.85. The zero-order valence-corrected chi connectivity index (χ0v) is 15.5. The van der Waals surface area contributed by atoms with Crippen molar-refractivity contribution in [2.75, 3.05) is 5.32 Å². The Bertz CT molecular complexity index is 1190. The summed E-state index contributed by atoms with van der Waals surface area (Å²) in [6.45, 7) is 0. The summed E-state index contributed by atoms with van der Waals surface area (Å²) in [6, 6.07) is 18.6. The van der Waals surface area contributed by atoms with E-state index in [9.17, 15) is 18.0 Å². The van der Waals surface area contributed by atoms with Gasteiger partial charge in [0.1, 0.15) is 5.52 Å². The zero-order valence-electron chi connectivity index (χ0n) is 15.5. The van der Waals surface area contributed by atoms with Gasteiger partial charge >= 0.3 is 6.18 Å². The summed E-state index contributed by atoms with van der Waals surface area (Å²) >= 11 is 0. The Morgan fingerprint density at radius 2 is 1.70 bits per heavy atom. The molecule has 0 saturated heterocycles. The van der Waals surface area contributed by atoms with Gasteiger partial charge in [0.25, 0.3) is 5.91 Å². The minimum absolute atomic E-state index is 0.0650. The molecule has 0 saturated carbocycles. The van der Waals surface area contributed by atoms with E-state index in [1.54, 1.807) is 30.3 Å². The normalized spacial score (nSPS) is 11.8. The molecule has 4 rings (SSSR count). The molecule has 1 amide bonds. The first-order chi connectivity index (χ1) is 14.4. The monoisotopic (exact) mass is 408 g/mol.